The highest BCUT2D eigenvalue weighted by Gasteiger charge is 2.30. The summed E-state index contributed by atoms with van der Waals surface area (Å²) >= 11 is 0. The van der Waals surface area contributed by atoms with Crippen LogP contribution in [0.1, 0.15) is 41.7 Å². The minimum Gasteiger partial charge on any atom is -0.477 e. The van der Waals surface area contributed by atoms with Crippen LogP contribution < -0.4 is 10.3 Å². The topological polar surface area (TPSA) is 65.8 Å². The lowest BCUT2D eigenvalue weighted by atomic mass is 10.0. The van der Waals surface area contributed by atoms with Gasteiger partial charge in [0.1, 0.15) is 11.4 Å². The Balaban J connectivity index is 2.05. The molecule has 0 bridgehead atoms. The van der Waals surface area contributed by atoms with Crippen molar-refractivity contribution in [3.63, 3.8) is 0 Å². The van der Waals surface area contributed by atoms with E-state index >= 15 is 4.39 Å². The Hall–Kier alpha value is -2.85. The van der Waals surface area contributed by atoms with Gasteiger partial charge in [-0.1, -0.05) is 5.92 Å². The monoisotopic (exact) mass is 383 g/mol. The molecular formula is C21H22FN3O3. The number of aromatic nitrogens is 1. The van der Waals surface area contributed by atoms with E-state index in [0.29, 0.717) is 29.9 Å². The van der Waals surface area contributed by atoms with Crippen LogP contribution in [-0.2, 0) is 0 Å². The van der Waals surface area contributed by atoms with Gasteiger partial charge in [0.25, 0.3) is 0 Å². The third kappa shape index (κ3) is 3.04. The number of rotatable bonds is 3. The number of aromatic carboxylic acids is 1. The average molecular weight is 383 g/mol. The van der Waals surface area contributed by atoms with Crippen LogP contribution in [0, 0.1) is 17.7 Å². The smallest absolute Gasteiger partial charge is 0.341 e. The maximum absolute atomic E-state index is 15.2. The molecule has 0 atom stereocenters. The van der Waals surface area contributed by atoms with Crippen LogP contribution in [0.4, 0.5) is 10.1 Å². The van der Waals surface area contributed by atoms with E-state index in [1.807, 2.05) is 16.5 Å². The first-order valence-corrected chi connectivity index (χ1v) is 9.43. The summed E-state index contributed by atoms with van der Waals surface area (Å²) in [6.45, 7) is 4.62. The summed E-state index contributed by atoms with van der Waals surface area (Å²) in [6.07, 6.45) is 3.20. The van der Waals surface area contributed by atoms with Crippen molar-refractivity contribution >= 4 is 22.6 Å². The van der Waals surface area contributed by atoms with E-state index < -0.39 is 17.2 Å². The summed E-state index contributed by atoms with van der Waals surface area (Å²) in [7, 11) is 2.03. The first-order chi connectivity index (χ1) is 13.4. The minimum atomic E-state index is -1.30. The van der Waals surface area contributed by atoms with E-state index in [1.165, 1.54) is 12.3 Å². The van der Waals surface area contributed by atoms with Gasteiger partial charge >= 0.3 is 5.97 Å². The zero-order valence-electron chi connectivity index (χ0n) is 16.0. The summed E-state index contributed by atoms with van der Waals surface area (Å²) < 4.78 is 17.0. The molecule has 1 saturated carbocycles. The van der Waals surface area contributed by atoms with Crippen molar-refractivity contribution in [3.05, 3.63) is 39.4 Å². The highest BCUT2D eigenvalue weighted by Crippen LogP contribution is 2.40. The van der Waals surface area contributed by atoms with Gasteiger partial charge in [-0.3, -0.25) is 4.79 Å². The van der Waals surface area contributed by atoms with E-state index in [-0.39, 0.29) is 17.0 Å². The van der Waals surface area contributed by atoms with E-state index in [0.717, 1.165) is 25.9 Å². The molecule has 1 saturated heterocycles. The van der Waals surface area contributed by atoms with Crippen LogP contribution >= 0.6 is 0 Å². The number of hydrogen-bond donors (Lipinski definition) is 1. The van der Waals surface area contributed by atoms with Gasteiger partial charge in [0.15, 0.2) is 0 Å². The number of likely N-dealkylation sites (N-methyl/N-ethyl adjacent to an activating group) is 1. The van der Waals surface area contributed by atoms with Crippen molar-refractivity contribution < 1.29 is 14.3 Å². The standard InChI is InChI=1S/C21H22FN3O3/c1-3-4-14-18-15(11-17(22)19(14)24-9-7-23(2)8-10-24)20(26)16(21(27)28)12-25(18)13-5-6-13/h11-13H,5-10H2,1-2H3,(H,27,28). The number of piperazine rings is 1. The molecule has 1 aliphatic carbocycles. The van der Waals surface area contributed by atoms with Crippen LogP contribution in [0.2, 0.25) is 0 Å². The molecule has 0 radical (unpaired) electrons. The summed E-state index contributed by atoms with van der Waals surface area (Å²) in [4.78, 5) is 28.5. The number of pyridine rings is 1. The predicted molar refractivity (Wildman–Crippen MR) is 106 cm³/mol. The highest BCUT2D eigenvalue weighted by molar-refractivity contribution is 5.96. The number of anilines is 1. The van der Waals surface area contributed by atoms with E-state index in [1.54, 1.807) is 6.92 Å². The number of halogens is 1. The number of fused-ring (bicyclic) bond motifs is 1. The number of nitrogens with zero attached hydrogens (tertiary/aromatic N) is 3. The van der Waals surface area contributed by atoms with Crippen molar-refractivity contribution in [1.29, 1.82) is 0 Å². The number of benzene rings is 1. The Morgan fingerprint density at radius 1 is 1.25 bits per heavy atom. The molecule has 146 valence electrons. The summed E-state index contributed by atoms with van der Waals surface area (Å²) in [5, 5.41) is 9.51. The van der Waals surface area contributed by atoms with Crippen LogP contribution in [0.5, 0.6) is 0 Å². The molecule has 0 amide bonds. The second-order valence-electron chi connectivity index (χ2n) is 7.46. The van der Waals surface area contributed by atoms with Gasteiger partial charge in [0.05, 0.1) is 22.2 Å². The second-order valence-corrected chi connectivity index (χ2v) is 7.46. The Morgan fingerprint density at radius 3 is 2.50 bits per heavy atom. The maximum atomic E-state index is 15.2. The summed E-state index contributed by atoms with van der Waals surface area (Å²) in [6, 6.07) is 1.31. The van der Waals surface area contributed by atoms with E-state index in [4.69, 9.17) is 0 Å². The van der Waals surface area contributed by atoms with Crippen molar-refractivity contribution in [2.75, 3.05) is 38.1 Å². The van der Waals surface area contributed by atoms with Crippen molar-refractivity contribution in [3.8, 4) is 11.8 Å². The zero-order chi connectivity index (χ0) is 20.0. The Morgan fingerprint density at radius 2 is 1.93 bits per heavy atom. The van der Waals surface area contributed by atoms with Crippen LogP contribution in [0.15, 0.2) is 17.1 Å². The maximum Gasteiger partial charge on any atom is 0.341 e. The molecule has 1 N–H and O–H groups in total. The molecule has 0 spiro atoms. The third-order valence-electron chi connectivity index (χ3n) is 5.48. The van der Waals surface area contributed by atoms with Gasteiger partial charge in [-0.2, -0.15) is 0 Å². The molecule has 2 aliphatic rings. The SMILES string of the molecule is CC#Cc1c(N2CCN(C)CC2)c(F)cc2c(=O)c(C(=O)O)cn(C3CC3)c12. The lowest BCUT2D eigenvalue weighted by molar-refractivity contribution is 0.0695. The summed E-state index contributed by atoms with van der Waals surface area (Å²) in [5.41, 5.74) is 0.431. The molecule has 4 rings (SSSR count). The molecule has 2 fully saturated rings. The van der Waals surface area contributed by atoms with Gasteiger partial charge in [-0.05, 0) is 32.9 Å². The van der Waals surface area contributed by atoms with Crippen molar-refractivity contribution in [2.45, 2.75) is 25.8 Å². The average Bonchev–Trinajstić information content (AvgIpc) is 3.49. The van der Waals surface area contributed by atoms with Crippen molar-refractivity contribution in [1.82, 2.24) is 9.47 Å². The normalized spacial score (nSPS) is 17.5. The minimum absolute atomic E-state index is 0.0833. The largest absolute Gasteiger partial charge is 0.477 e. The Labute approximate surface area is 162 Å². The molecule has 1 aromatic carbocycles. The molecule has 2 heterocycles. The van der Waals surface area contributed by atoms with Gasteiger partial charge in [0.2, 0.25) is 5.43 Å². The molecule has 7 heteroatoms. The molecule has 28 heavy (non-hydrogen) atoms. The lowest BCUT2D eigenvalue weighted by Gasteiger charge is -2.35. The first kappa shape index (κ1) is 18.5. The first-order valence-electron chi connectivity index (χ1n) is 9.43. The molecule has 1 aliphatic heterocycles. The Kier molecular flexibility index (Phi) is 4.60. The van der Waals surface area contributed by atoms with E-state index in [9.17, 15) is 14.7 Å². The molecule has 2 aromatic rings. The van der Waals surface area contributed by atoms with Crippen LogP contribution in [0.3, 0.4) is 0 Å². The van der Waals surface area contributed by atoms with Crippen molar-refractivity contribution in [2.24, 2.45) is 0 Å². The highest BCUT2D eigenvalue weighted by atomic mass is 19.1. The van der Waals surface area contributed by atoms with Crippen LogP contribution in [0.25, 0.3) is 10.9 Å². The second kappa shape index (κ2) is 6.95. The lowest BCUT2D eigenvalue weighted by Crippen LogP contribution is -2.45. The fourth-order valence-electron chi connectivity index (χ4n) is 3.85. The van der Waals surface area contributed by atoms with Gasteiger partial charge in [0, 0.05) is 38.4 Å². The predicted octanol–water partition coefficient (Wildman–Crippen LogP) is 2.30. The number of carbonyl (C=O) groups is 1. The van der Waals surface area contributed by atoms with Gasteiger partial charge in [-0.25, -0.2) is 9.18 Å². The van der Waals surface area contributed by atoms with E-state index in [2.05, 4.69) is 16.7 Å². The molecule has 0 unspecified atom stereocenters. The fraction of sp³-hybridized carbons (Fsp3) is 0.429. The van der Waals surface area contributed by atoms with Gasteiger partial charge < -0.3 is 19.5 Å². The third-order valence-corrected chi connectivity index (χ3v) is 5.48. The molecule has 1 aromatic heterocycles. The fourth-order valence-corrected chi connectivity index (χ4v) is 3.85. The number of carboxylic acids is 1. The van der Waals surface area contributed by atoms with Crippen LogP contribution in [-0.4, -0.2) is 53.8 Å². The zero-order valence-corrected chi connectivity index (χ0v) is 16.0. The summed E-state index contributed by atoms with van der Waals surface area (Å²) in [5.74, 6) is 4.04. The quantitative estimate of drug-likeness (QED) is 0.824. The molecular weight excluding hydrogens is 361 g/mol. The number of hydrogen-bond acceptors (Lipinski definition) is 4. The molecule has 6 nitrogen and oxygen atoms in total. The Bertz CT molecular complexity index is 1080. The van der Waals surface area contributed by atoms with Gasteiger partial charge in [-0.15, -0.1) is 5.92 Å². The number of carboxylic acid groups (broad SMARTS) is 1.